The first kappa shape index (κ1) is 28.8. The van der Waals surface area contributed by atoms with Crippen molar-refractivity contribution in [3.8, 4) is 0 Å². The number of anilines is 1. The standard InChI is InChI=1S/C29H34FN3O4S/c1-21(2)18-31-29(35)23(4)32(19-24-11-9-8-10-22(24)3)28(34)20-33(26-12-6-5-7-13-26)38(36,37)27-16-14-25(30)15-17-27/h5-17,21,23H,18-20H2,1-4H3,(H,31,35)/t23-/m1/s1. The smallest absolute Gasteiger partial charge is 0.264 e. The maximum atomic E-state index is 13.8. The van der Waals surface area contributed by atoms with Crippen molar-refractivity contribution in [2.24, 2.45) is 5.92 Å². The van der Waals surface area contributed by atoms with Crippen molar-refractivity contribution in [1.29, 1.82) is 0 Å². The number of aryl methyl sites for hydroxylation is 1. The summed E-state index contributed by atoms with van der Waals surface area (Å²) in [5.41, 5.74) is 2.06. The lowest BCUT2D eigenvalue weighted by atomic mass is 10.1. The molecule has 0 fully saturated rings. The van der Waals surface area contributed by atoms with Gasteiger partial charge in [0.1, 0.15) is 18.4 Å². The van der Waals surface area contributed by atoms with Gasteiger partial charge in [-0.3, -0.25) is 13.9 Å². The lowest BCUT2D eigenvalue weighted by Gasteiger charge is -2.32. The Morgan fingerprint density at radius 3 is 2.11 bits per heavy atom. The van der Waals surface area contributed by atoms with Gasteiger partial charge in [0, 0.05) is 13.1 Å². The highest BCUT2D eigenvalue weighted by atomic mass is 32.2. The second-order valence-electron chi connectivity index (χ2n) is 9.56. The van der Waals surface area contributed by atoms with Crippen LogP contribution in [0, 0.1) is 18.7 Å². The Labute approximate surface area is 224 Å². The van der Waals surface area contributed by atoms with E-state index in [-0.39, 0.29) is 29.0 Å². The van der Waals surface area contributed by atoms with Crippen molar-refractivity contribution in [2.75, 3.05) is 17.4 Å². The molecule has 0 unspecified atom stereocenters. The van der Waals surface area contributed by atoms with Crippen molar-refractivity contribution < 1.29 is 22.4 Å². The summed E-state index contributed by atoms with van der Waals surface area (Å²) in [6, 6.07) is 19.3. The molecule has 0 aromatic heterocycles. The quantitative estimate of drug-likeness (QED) is 0.388. The Kier molecular flexibility index (Phi) is 9.63. The van der Waals surface area contributed by atoms with E-state index in [1.165, 1.54) is 4.90 Å². The SMILES string of the molecule is Cc1ccccc1CN(C(=O)CN(c1ccccc1)S(=O)(=O)c1ccc(F)cc1)[C@H](C)C(=O)NCC(C)C. The Morgan fingerprint density at radius 1 is 0.895 bits per heavy atom. The van der Waals surface area contributed by atoms with Gasteiger partial charge in [-0.1, -0.05) is 56.3 Å². The van der Waals surface area contributed by atoms with Gasteiger partial charge in [-0.2, -0.15) is 0 Å². The van der Waals surface area contributed by atoms with Gasteiger partial charge < -0.3 is 10.2 Å². The number of rotatable bonds is 11. The Balaban J connectivity index is 1.99. The van der Waals surface area contributed by atoms with Crippen LogP contribution in [0.1, 0.15) is 31.9 Å². The second kappa shape index (κ2) is 12.7. The minimum Gasteiger partial charge on any atom is -0.354 e. The molecule has 3 rings (SSSR count). The number of sulfonamides is 1. The highest BCUT2D eigenvalue weighted by molar-refractivity contribution is 7.92. The van der Waals surface area contributed by atoms with Gasteiger partial charge in [0.25, 0.3) is 10.0 Å². The van der Waals surface area contributed by atoms with Gasteiger partial charge in [-0.25, -0.2) is 12.8 Å². The molecule has 0 saturated carbocycles. The summed E-state index contributed by atoms with van der Waals surface area (Å²) < 4.78 is 41.8. The van der Waals surface area contributed by atoms with Crippen LogP contribution in [-0.4, -0.2) is 44.3 Å². The number of benzene rings is 3. The summed E-state index contributed by atoms with van der Waals surface area (Å²) in [6.45, 7) is 7.52. The van der Waals surface area contributed by atoms with Crippen LogP contribution in [0.2, 0.25) is 0 Å². The first-order valence-electron chi connectivity index (χ1n) is 12.5. The fourth-order valence-corrected chi connectivity index (χ4v) is 5.28. The summed E-state index contributed by atoms with van der Waals surface area (Å²) in [5.74, 6) is -1.22. The molecule has 0 aliphatic rings. The third-order valence-corrected chi connectivity index (χ3v) is 7.97. The number of hydrogen-bond donors (Lipinski definition) is 1. The van der Waals surface area contributed by atoms with Crippen LogP contribution < -0.4 is 9.62 Å². The lowest BCUT2D eigenvalue weighted by molar-refractivity contribution is -0.139. The molecule has 202 valence electrons. The first-order chi connectivity index (χ1) is 18.0. The van der Waals surface area contributed by atoms with E-state index in [1.54, 1.807) is 37.3 Å². The zero-order valence-electron chi connectivity index (χ0n) is 22.1. The number of nitrogens with one attached hydrogen (secondary N) is 1. The molecular weight excluding hydrogens is 505 g/mol. The molecule has 0 radical (unpaired) electrons. The molecule has 38 heavy (non-hydrogen) atoms. The van der Waals surface area contributed by atoms with Crippen molar-refractivity contribution in [2.45, 2.75) is 45.2 Å². The van der Waals surface area contributed by atoms with E-state index in [9.17, 15) is 22.4 Å². The van der Waals surface area contributed by atoms with Crippen LogP contribution in [0.15, 0.2) is 83.8 Å². The zero-order valence-corrected chi connectivity index (χ0v) is 22.9. The monoisotopic (exact) mass is 539 g/mol. The third kappa shape index (κ3) is 7.19. The van der Waals surface area contributed by atoms with Gasteiger partial charge in [0.05, 0.1) is 10.6 Å². The van der Waals surface area contributed by atoms with Crippen LogP contribution in [0.25, 0.3) is 0 Å². The van der Waals surface area contributed by atoms with E-state index in [4.69, 9.17) is 0 Å². The maximum absolute atomic E-state index is 13.8. The summed E-state index contributed by atoms with van der Waals surface area (Å²) >= 11 is 0. The molecule has 3 aromatic carbocycles. The molecule has 0 bridgehead atoms. The van der Waals surface area contributed by atoms with Crippen LogP contribution >= 0.6 is 0 Å². The predicted molar refractivity (Wildman–Crippen MR) is 146 cm³/mol. The van der Waals surface area contributed by atoms with E-state index in [2.05, 4.69) is 5.32 Å². The third-order valence-electron chi connectivity index (χ3n) is 6.18. The Bertz CT molecular complexity index is 1350. The number of amides is 2. The van der Waals surface area contributed by atoms with Crippen molar-refractivity contribution in [3.05, 3.63) is 95.8 Å². The lowest BCUT2D eigenvalue weighted by Crippen LogP contribution is -2.51. The van der Waals surface area contributed by atoms with Crippen LogP contribution in [-0.2, 0) is 26.2 Å². The average molecular weight is 540 g/mol. The van der Waals surface area contributed by atoms with E-state index in [1.807, 2.05) is 45.0 Å². The normalized spacial score (nSPS) is 12.2. The van der Waals surface area contributed by atoms with Crippen LogP contribution in [0.3, 0.4) is 0 Å². The Morgan fingerprint density at radius 2 is 1.50 bits per heavy atom. The Hall–Kier alpha value is -3.72. The van der Waals surface area contributed by atoms with E-state index >= 15 is 0 Å². The molecule has 0 spiro atoms. The molecule has 0 aliphatic carbocycles. The molecule has 2 amide bonds. The van der Waals surface area contributed by atoms with E-state index in [0.717, 1.165) is 39.7 Å². The molecule has 1 atom stereocenters. The van der Waals surface area contributed by atoms with Gasteiger partial charge in [-0.05, 0) is 67.3 Å². The molecular formula is C29H34FN3O4S. The van der Waals surface area contributed by atoms with E-state index < -0.39 is 34.3 Å². The highest BCUT2D eigenvalue weighted by Gasteiger charge is 2.32. The van der Waals surface area contributed by atoms with E-state index in [0.29, 0.717) is 6.54 Å². The van der Waals surface area contributed by atoms with Gasteiger partial charge in [-0.15, -0.1) is 0 Å². The summed E-state index contributed by atoms with van der Waals surface area (Å²) in [4.78, 5) is 28.1. The van der Waals surface area contributed by atoms with Gasteiger partial charge in [0.15, 0.2) is 0 Å². The number of carbonyl (C=O) groups is 2. The minimum absolute atomic E-state index is 0.126. The largest absolute Gasteiger partial charge is 0.354 e. The molecule has 9 heteroatoms. The fraction of sp³-hybridized carbons (Fsp3) is 0.310. The highest BCUT2D eigenvalue weighted by Crippen LogP contribution is 2.25. The van der Waals surface area contributed by atoms with Gasteiger partial charge in [0.2, 0.25) is 11.8 Å². The number of carbonyl (C=O) groups excluding carboxylic acids is 2. The molecule has 0 aliphatic heterocycles. The number of halogens is 1. The minimum atomic E-state index is -4.23. The summed E-state index contributed by atoms with van der Waals surface area (Å²) in [7, 11) is -4.23. The van der Waals surface area contributed by atoms with Crippen LogP contribution in [0.4, 0.5) is 10.1 Å². The fourth-order valence-electron chi connectivity index (χ4n) is 3.86. The number of nitrogens with zero attached hydrogens (tertiary/aromatic N) is 2. The van der Waals surface area contributed by atoms with Gasteiger partial charge >= 0.3 is 0 Å². The molecule has 1 N–H and O–H groups in total. The van der Waals surface area contributed by atoms with Crippen LogP contribution in [0.5, 0.6) is 0 Å². The number of para-hydroxylation sites is 1. The summed E-state index contributed by atoms with van der Waals surface area (Å²) in [6.07, 6.45) is 0. The molecule has 0 saturated heterocycles. The second-order valence-corrected chi connectivity index (χ2v) is 11.4. The predicted octanol–water partition coefficient (Wildman–Crippen LogP) is 4.52. The maximum Gasteiger partial charge on any atom is 0.264 e. The topological polar surface area (TPSA) is 86.8 Å². The van der Waals surface area contributed by atoms with Crippen molar-refractivity contribution >= 4 is 27.5 Å². The zero-order chi connectivity index (χ0) is 27.9. The first-order valence-corrected chi connectivity index (χ1v) is 13.9. The average Bonchev–Trinajstić information content (AvgIpc) is 2.90. The summed E-state index contributed by atoms with van der Waals surface area (Å²) in [5, 5.41) is 2.86. The number of hydrogen-bond acceptors (Lipinski definition) is 4. The molecule has 0 heterocycles. The molecule has 7 nitrogen and oxygen atoms in total. The van der Waals surface area contributed by atoms with Crippen molar-refractivity contribution in [1.82, 2.24) is 10.2 Å². The molecule has 3 aromatic rings. The van der Waals surface area contributed by atoms with Crippen molar-refractivity contribution in [3.63, 3.8) is 0 Å².